The lowest BCUT2D eigenvalue weighted by Crippen LogP contribution is -1.94. The highest BCUT2D eigenvalue weighted by atomic mass is 32.1. The van der Waals surface area contributed by atoms with Crippen molar-refractivity contribution >= 4 is 75.3 Å². The molecule has 0 unspecified atom stereocenters. The van der Waals surface area contributed by atoms with Gasteiger partial charge < -0.3 is 8.98 Å². The molecule has 0 aliphatic carbocycles. The van der Waals surface area contributed by atoms with Gasteiger partial charge in [0.15, 0.2) is 0 Å². The second kappa shape index (κ2) is 7.83. The minimum absolute atomic E-state index is 0.903. The second-order valence-electron chi connectivity index (χ2n) is 10.1. The molecule has 0 spiro atoms. The Morgan fingerprint density at radius 3 is 1.85 bits per heavy atom. The Morgan fingerprint density at radius 1 is 0.462 bits per heavy atom. The van der Waals surface area contributed by atoms with E-state index in [1.165, 1.54) is 53.1 Å². The predicted octanol–water partition coefficient (Wildman–Crippen LogP) is 10.7. The van der Waals surface area contributed by atoms with Gasteiger partial charge in [-0.05, 0) is 42.0 Å². The normalized spacial score (nSPS) is 12.1. The number of furan rings is 1. The summed E-state index contributed by atoms with van der Waals surface area (Å²) >= 11 is 1.87. The first-order valence-corrected chi connectivity index (χ1v) is 14.0. The van der Waals surface area contributed by atoms with Crippen LogP contribution in [0.4, 0.5) is 0 Å². The number of hydrogen-bond donors (Lipinski definition) is 0. The van der Waals surface area contributed by atoms with Crippen LogP contribution in [0.1, 0.15) is 0 Å². The highest BCUT2D eigenvalue weighted by Gasteiger charge is 2.21. The first kappa shape index (κ1) is 21.1. The average Bonchev–Trinajstić information content (AvgIpc) is 3.66. The van der Waals surface area contributed by atoms with E-state index < -0.39 is 0 Å². The Balaban J connectivity index is 1.44. The van der Waals surface area contributed by atoms with Gasteiger partial charge in [0.2, 0.25) is 0 Å². The van der Waals surface area contributed by atoms with E-state index in [0.717, 1.165) is 27.6 Å². The first-order chi connectivity index (χ1) is 19.4. The SMILES string of the molecule is c1cc(-c2cccc3c2sc2ccccc23)c2c(c1)oc1cccc(-n3c4ccccc4c4ccccc43)c12. The van der Waals surface area contributed by atoms with E-state index in [4.69, 9.17) is 4.42 Å². The van der Waals surface area contributed by atoms with Crippen LogP contribution in [-0.2, 0) is 0 Å². The third kappa shape index (κ3) is 2.85. The Kier molecular flexibility index (Phi) is 4.24. The summed E-state index contributed by atoms with van der Waals surface area (Å²) in [5.41, 5.74) is 7.80. The molecule has 9 rings (SSSR count). The fourth-order valence-corrected chi connectivity index (χ4v) is 7.63. The van der Waals surface area contributed by atoms with Crippen molar-refractivity contribution in [3.8, 4) is 16.8 Å². The predicted molar refractivity (Wildman–Crippen MR) is 166 cm³/mol. The van der Waals surface area contributed by atoms with E-state index in [1.54, 1.807) is 0 Å². The zero-order chi connectivity index (χ0) is 25.5. The van der Waals surface area contributed by atoms with Crippen LogP contribution in [0, 0.1) is 0 Å². The number of thiophene rings is 1. The minimum Gasteiger partial charge on any atom is -0.456 e. The number of nitrogens with zero attached hydrogens (tertiary/aromatic N) is 1. The van der Waals surface area contributed by atoms with E-state index >= 15 is 0 Å². The number of aromatic nitrogens is 1. The molecule has 3 aromatic heterocycles. The molecule has 0 fully saturated rings. The van der Waals surface area contributed by atoms with E-state index in [2.05, 4.69) is 132 Å². The van der Waals surface area contributed by atoms with Gasteiger partial charge >= 0.3 is 0 Å². The fourth-order valence-electron chi connectivity index (χ4n) is 6.40. The van der Waals surface area contributed by atoms with Crippen LogP contribution in [0.2, 0.25) is 0 Å². The van der Waals surface area contributed by atoms with Crippen LogP contribution in [0.5, 0.6) is 0 Å². The quantitative estimate of drug-likeness (QED) is 0.224. The van der Waals surface area contributed by atoms with E-state index in [-0.39, 0.29) is 0 Å². The molecule has 6 aromatic carbocycles. The summed E-state index contributed by atoms with van der Waals surface area (Å²) in [4.78, 5) is 0. The molecule has 2 nitrogen and oxygen atoms in total. The molecule has 0 radical (unpaired) electrons. The van der Waals surface area contributed by atoms with Gasteiger partial charge in [-0.25, -0.2) is 0 Å². The van der Waals surface area contributed by atoms with Gasteiger partial charge in [-0.15, -0.1) is 11.3 Å². The minimum atomic E-state index is 0.903. The zero-order valence-electron chi connectivity index (χ0n) is 20.9. The lowest BCUT2D eigenvalue weighted by atomic mass is 9.97. The standard InChI is InChI=1S/C36H21NOS/c1-4-16-28-22(10-1)23-11-2-5-17-29(23)37(28)30-18-9-20-32-35(30)34-25(13-8-19-31(34)38-32)27-15-7-14-26-24-12-3-6-21-33(24)39-36(26)27/h1-21H. The molecule has 0 aliphatic rings. The molecular formula is C36H21NOS. The van der Waals surface area contributed by atoms with Gasteiger partial charge in [0.05, 0.1) is 22.1 Å². The summed E-state index contributed by atoms with van der Waals surface area (Å²) in [5.74, 6) is 0. The van der Waals surface area contributed by atoms with Crippen molar-refractivity contribution in [2.75, 3.05) is 0 Å². The van der Waals surface area contributed by atoms with Crippen LogP contribution in [0.3, 0.4) is 0 Å². The van der Waals surface area contributed by atoms with Crippen LogP contribution in [0.25, 0.3) is 80.7 Å². The van der Waals surface area contributed by atoms with Gasteiger partial charge in [-0.3, -0.25) is 0 Å². The number of rotatable bonds is 2. The van der Waals surface area contributed by atoms with Crippen LogP contribution < -0.4 is 0 Å². The molecule has 0 N–H and O–H groups in total. The number of hydrogen-bond acceptors (Lipinski definition) is 2. The molecule has 0 saturated carbocycles. The van der Waals surface area contributed by atoms with Crippen molar-refractivity contribution in [2.45, 2.75) is 0 Å². The topological polar surface area (TPSA) is 18.1 Å². The Bertz CT molecular complexity index is 2350. The second-order valence-corrected chi connectivity index (χ2v) is 11.1. The summed E-state index contributed by atoms with van der Waals surface area (Å²) in [5, 5.41) is 7.44. The maximum Gasteiger partial charge on any atom is 0.137 e. The average molecular weight is 516 g/mol. The number of para-hydroxylation sites is 2. The first-order valence-electron chi connectivity index (χ1n) is 13.2. The summed E-state index contributed by atoms with van der Waals surface area (Å²) in [6, 6.07) is 45.6. The summed E-state index contributed by atoms with van der Waals surface area (Å²) in [6.45, 7) is 0. The van der Waals surface area contributed by atoms with Gasteiger partial charge in [0.25, 0.3) is 0 Å². The molecule has 9 aromatic rings. The summed E-state index contributed by atoms with van der Waals surface area (Å²) in [6.07, 6.45) is 0. The molecule has 0 bridgehead atoms. The smallest absolute Gasteiger partial charge is 0.137 e. The van der Waals surface area contributed by atoms with Crippen molar-refractivity contribution in [3.05, 3.63) is 127 Å². The lowest BCUT2D eigenvalue weighted by molar-refractivity contribution is 0.669. The molecule has 3 heteroatoms. The molecule has 39 heavy (non-hydrogen) atoms. The van der Waals surface area contributed by atoms with Crippen molar-refractivity contribution in [2.24, 2.45) is 0 Å². The molecule has 0 amide bonds. The third-order valence-electron chi connectivity index (χ3n) is 8.02. The Hall–Kier alpha value is -4.86. The monoisotopic (exact) mass is 515 g/mol. The highest BCUT2D eigenvalue weighted by molar-refractivity contribution is 7.26. The molecule has 0 aliphatic heterocycles. The highest BCUT2D eigenvalue weighted by Crippen LogP contribution is 2.45. The maximum absolute atomic E-state index is 6.54. The van der Waals surface area contributed by atoms with Gasteiger partial charge in [0.1, 0.15) is 11.2 Å². The number of benzene rings is 6. The third-order valence-corrected chi connectivity index (χ3v) is 9.24. The van der Waals surface area contributed by atoms with E-state index in [1.807, 2.05) is 11.3 Å². The molecule has 182 valence electrons. The van der Waals surface area contributed by atoms with Crippen LogP contribution >= 0.6 is 11.3 Å². The largest absolute Gasteiger partial charge is 0.456 e. The van der Waals surface area contributed by atoms with Crippen molar-refractivity contribution in [1.82, 2.24) is 4.57 Å². The Morgan fingerprint density at radius 2 is 1.05 bits per heavy atom. The van der Waals surface area contributed by atoms with Crippen LogP contribution in [0.15, 0.2) is 132 Å². The fraction of sp³-hybridized carbons (Fsp3) is 0. The molecular weight excluding hydrogens is 494 g/mol. The van der Waals surface area contributed by atoms with E-state index in [9.17, 15) is 0 Å². The molecule has 0 saturated heterocycles. The molecule has 0 atom stereocenters. The lowest BCUT2D eigenvalue weighted by Gasteiger charge is -2.11. The van der Waals surface area contributed by atoms with E-state index in [0.29, 0.717) is 0 Å². The Labute approximate surface area is 227 Å². The van der Waals surface area contributed by atoms with Gasteiger partial charge in [0, 0.05) is 41.9 Å². The van der Waals surface area contributed by atoms with Gasteiger partial charge in [-0.2, -0.15) is 0 Å². The van der Waals surface area contributed by atoms with Gasteiger partial charge in [-0.1, -0.05) is 91.0 Å². The van der Waals surface area contributed by atoms with Crippen LogP contribution in [-0.4, -0.2) is 4.57 Å². The maximum atomic E-state index is 6.54. The van der Waals surface area contributed by atoms with Crippen molar-refractivity contribution < 1.29 is 4.42 Å². The summed E-state index contributed by atoms with van der Waals surface area (Å²) in [7, 11) is 0. The molecule has 3 heterocycles. The van der Waals surface area contributed by atoms with Crippen molar-refractivity contribution in [3.63, 3.8) is 0 Å². The number of fused-ring (bicyclic) bond motifs is 9. The summed E-state index contributed by atoms with van der Waals surface area (Å²) < 4.78 is 11.6. The van der Waals surface area contributed by atoms with Crippen molar-refractivity contribution in [1.29, 1.82) is 0 Å². The zero-order valence-corrected chi connectivity index (χ0v) is 21.7.